The number of aromatic nitrogens is 2. The number of ether oxygens (including phenoxy) is 1. The molecule has 9 nitrogen and oxygen atoms in total. The van der Waals surface area contributed by atoms with Gasteiger partial charge in [-0.25, -0.2) is 4.79 Å². The number of methoxy groups -OCH3 is 1. The zero-order valence-electron chi connectivity index (χ0n) is 19.2. The molecule has 0 aromatic carbocycles. The molecular weight excluding hydrogens is 456 g/mol. The summed E-state index contributed by atoms with van der Waals surface area (Å²) < 4.78 is 6.72. The molecule has 1 amide bonds. The van der Waals surface area contributed by atoms with E-state index in [1.807, 2.05) is 0 Å². The van der Waals surface area contributed by atoms with Gasteiger partial charge in [-0.2, -0.15) is 5.10 Å². The Balaban J connectivity index is 1.35. The van der Waals surface area contributed by atoms with Crippen molar-refractivity contribution in [3.8, 4) is 0 Å². The number of aryl methyl sites for hydroxylation is 1. The Kier molecular flexibility index (Phi) is 5.05. The summed E-state index contributed by atoms with van der Waals surface area (Å²) in [7, 11) is 1.32. The Bertz CT molecular complexity index is 1160. The first-order valence-electron chi connectivity index (χ1n) is 12.2. The maximum atomic E-state index is 13.3. The number of nitrogens with zero attached hydrogens (tertiary/aromatic N) is 3. The number of hydrogen-bond donors (Lipinski definition) is 1. The van der Waals surface area contributed by atoms with Crippen molar-refractivity contribution in [2.75, 3.05) is 12.4 Å². The molecule has 1 N–H and O–H groups in total. The van der Waals surface area contributed by atoms with Crippen molar-refractivity contribution in [2.24, 2.45) is 17.8 Å². The molecule has 2 aromatic heterocycles. The van der Waals surface area contributed by atoms with Gasteiger partial charge in [0.05, 0.1) is 23.1 Å². The van der Waals surface area contributed by atoms with Gasteiger partial charge in [0.2, 0.25) is 5.69 Å². The van der Waals surface area contributed by atoms with Crippen LogP contribution in [0.4, 0.5) is 10.7 Å². The standard InChI is InChI=1S/C24H28N4O5S/c1-33-23(30)19-16-4-2-3-5-18(16)34-22(19)25-21(29)20-17(28(31)32)12-27(26-20)24-9-13-6-14(10-24)8-15(7-13)11-24/h12-15H,2-11H2,1H3,(H,25,29). The van der Waals surface area contributed by atoms with E-state index in [0.717, 1.165) is 55.4 Å². The van der Waals surface area contributed by atoms with Crippen LogP contribution in [0.3, 0.4) is 0 Å². The first-order valence-corrected chi connectivity index (χ1v) is 13.0. The quantitative estimate of drug-likeness (QED) is 0.374. The maximum Gasteiger partial charge on any atom is 0.341 e. The predicted octanol–water partition coefficient (Wildman–Crippen LogP) is 4.70. The van der Waals surface area contributed by atoms with Crippen LogP contribution in [0.5, 0.6) is 0 Å². The van der Waals surface area contributed by atoms with Crippen molar-refractivity contribution >= 4 is 33.9 Å². The summed E-state index contributed by atoms with van der Waals surface area (Å²) in [6, 6.07) is 0. The number of carbonyl (C=O) groups is 2. The van der Waals surface area contributed by atoms with Crippen LogP contribution in [0.1, 0.15) is 82.7 Å². The van der Waals surface area contributed by atoms with Gasteiger partial charge in [-0.3, -0.25) is 19.6 Å². The van der Waals surface area contributed by atoms with Gasteiger partial charge < -0.3 is 10.1 Å². The van der Waals surface area contributed by atoms with Gasteiger partial charge in [0.1, 0.15) is 11.2 Å². The molecule has 5 aliphatic rings. The predicted molar refractivity (Wildman–Crippen MR) is 125 cm³/mol. The topological polar surface area (TPSA) is 116 Å². The van der Waals surface area contributed by atoms with Gasteiger partial charge >= 0.3 is 11.7 Å². The van der Waals surface area contributed by atoms with E-state index in [9.17, 15) is 19.7 Å². The average Bonchev–Trinajstić information content (AvgIpc) is 3.40. The number of fused-ring (bicyclic) bond motifs is 1. The number of carbonyl (C=O) groups excluding carboxylic acids is 2. The molecule has 180 valence electrons. The van der Waals surface area contributed by atoms with Gasteiger partial charge in [-0.05, 0) is 87.5 Å². The first-order chi connectivity index (χ1) is 16.4. The molecule has 34 heavy (non-hydrogen) atoms. The van der Waals surface area contributed by atoms with E-state index in [4.69, 9.17) is 4.74 Å². The molecule has 4 saturated carbocycles. The second-order valence-electron chi connectivity index (χ2n) is 10.6. The number of amides is 1. The number of nitro groups is 1. The average molecular weight is 485 g/mol. The minimum atomic E-state index is -0.654. The molecule has 0 radical (unpaired) electrons. The molecule has 4 bridgehead atoms. The van der Waals surface area contributed by atoms with Crippen molar-refractivity contribution in [2.45, 2.75) is 69.7 Å². The lowest BCUT2D eigenvalue weighted by molar-refractivity contribution is -0.385. The largest absolute Gasteiger partial charge is 0.465 e. The van der Waals surface area contributed by atoms with Crippen LogP contribution in [0.25, 0.3) is 0 Å². The third kappa shape index (κ3) is 3.37. The van der Waals surface area contributed by atoms with Gasteiger partial charge in [0.15, 0.2) is 0 Å². The number of thiophene rings is 1. The zero-order valence-corrected chi connectivity index (χ0v) is 20.0. The van der Waals surface area contributed by atoms with Crippen LogP contribution in [-0.2, 0) is 23.1 Å². The smallest absolute Gasteiger partial charge is 0.341 e. The van der Waals surface area contributed by atoms with Crippen LogP contribution in [-0.4, -0.2) is 33.7 Å². The summed E-state index contributed by atoms with van der Waals surface area (Å²) in [6.45, 7) is 0. The number of nitrogens with one attached hydrogen (secondary N) is 1. The Morgan fingerprint density at radius 1 is 1.18 bits per heavy atom. The van der Waals surface area contributed by atoms with E-state index >= 15 is 0 Å². The van der Waals surface area contributed by atoms with Crippen molar-refractivity contribution in [3.05, 3.63) is 38.0 Å². The van der Waals surface area contributed by atoms with E-state index < -0.39 is 16.8 Å². The molecular formula is C24H28N4O5S. The molecule has 0 unspecified atom stereocenters. The van der Waals surface area contributed by atoms with Gasteiger partial charge in [0, 0.05) is 4.88 Å². The summed E-state index contributed by atoms with van der Waals surface area (Å²) >= 11 is 1.36. The van der Waals surface area contributed by atoms with E-state index in [-0.39, 0.29) is 16.9 Å². The number of anilines is 1. The van der Waals surface area contributed by atoms with Gasteiger partial charge in [-0.15, -0.1) is 11.3 Å². The molecule has 5 aliphatic carbocycles. The molecule has 10 heteroatoms. The fraction of sp³-hybridized carbons (Fsp3) is 0.625. The highest BCUT2D eigenvalue weighted by Crippen LogP contribution is 2.58. The highest BCUT2D eigenvalue weighted by atomic mass is 32.1. The van der Waals surface area contributed by atoms with E-state index in [1.165, 1.54) is 43.9 Å². The summed E-state index contributed by atoms with van der Waals surface area (Å²) in [4.78, 5) is 38.3. The Morgan fingerprint density at radius 3 is 2.44 bits per heavy atom. The highest BCUT2D eigenvalue weighted by Gasteiger charge is 2.53. The second-order valence-corrected chi connectivity index (χ2v) is 11.7. The van der Waals surface area contributed by atoms with Crippen molar-refractivity contribution < 1.29 is 19.2 Å². The fourth-order valence-electron chi connectivity index (χ4n) is 7.38. The van der Waals surface area contributed by atoms with Crippen molar-refractivity contribution in [1.29, 1.82) is 0 Å². The third-order valence-electron chi connectivity index (χ3n) is 8.39. The SMILES string of the molecule is COC(=O)c1c(NC(=O)c2nn(C34CC5CC(CC(C5)C3)C4)cc2[N+](=O)[O-])sc2c1CCCC2. The fourth-order valence-corrected chi connectivity index (χ4v) is 8.66. The lowest BCUT2D eigenvalue weighted by atomic mass is 9.53. The maximum absolute atomic E-state index is 13.3. The van der Waals surface area contributed by atoms with Crippen LogP contribution in [0.15, 0.2) is 6.20 Å². The van der Waals surface area contributed by atoms with Gasteiger partial charge in [0.25, 0.3) is 5.91 Å². The molecule has 0 spiro atoms. The second kappa shape index (κ2) is 7.90. The normalized spacial score (nSPS) is 29.0. The molecule has 7 rings (SSSR count). The van der Waals surface area contributed by atoms with Crippen LogP contribution >= 0.6 is 11.3 Å². The Labute approximate surface area is 201 Å². The summed E-state index contributed by atoms with van der Waals surface area (Å²) in [5, 5.41) is 19.6. The Hall–Kier alpha value is -2.75. The Morgan fingerprint density at radius 2 is 1.82 bits per heavy atom. The molecule has 4 fully saturated rings. The van der Waals surface area contributed by atoms with Crippen LogP contribution < -0.4 is 5.32 Å². The lowest BCUT2D eigenvalue weighted by Crippen LogP contribution is -2.52. The first kappa shape index (κ1) is 21.8. The summed E-state index contributed by atoms with van der Waals surface area (Å²) in [5.74, 6) is 0.785. The van der Waals surface area contributed by atoms with E-state index in [0.29, 0.717) is 28.3 Å². The van der Waals surface area contributed by atoms with Crippen molar-refractivity contribution in [1.82, 2.24) is 9.78 Å². The molecule has 0 saturated heterocycles. The van der Waals surface area contributed by atoms with Gasteiger partial charge in [-0.1, -0.05) is 0 Å². The summed E-state index contributed by atoms with van der Waals surface area (Å²) in [6.07, 6.45) is 11.7. The van der Waals surface area contributed by atoms with Crippen LogP contribution in [0.2, 0.25) is 0 Å². The number of hydrogen-bond acceptors (Lipinski definition) is 7. The molecule has 2 heterocycles. The molecule has 0 atom stereocenters. The monoisotopic (exact) mass is 484 g/mol. The minimum absolute atomic E-state index is 0.192. The third-order valence-corrected chi connectivity index (χ3v) is 9.59. The van der Waals surface area contributed by atoms with Crippen molar-refractivity contribution in [3.63, 3.8) is 0 Å². The van der Waals surface area contributed by atoms with Crippen LogP contribution in [0, 0.1) is 27.9 Å². The number of esters is 1. The summed E-state index contributed by atoms with van der Waals surface area (Å²) in [5.41, 5.74) is 0.597. The van der Waals surface area contributed by atoms with E-state index in [1.54, 1.807) is 4.68 Å². The number of rotatable bonds is 5. The zero-order chi connectivity index (χ0) is 23.6. The molecule has 2 aromatic rings. The molecule has 0 aliphatic heterocycles. The lowest BCUT2D eigenvalue weighted by Gasteiger charge is -2.56. The minimum Gasteiger partial charge on any atom is -0.465 e. The van der Waals surface area contributed by atoms with E-state index in [2.05, 4.69) is 10.4 Å². The highest BCUT2D eigenvalue weighted by molar-refractivity contribution is 7.17.